The summed E-state index contributed by atoms with van der Waals surface area (Å²) in [4.78, 5) is 43.7. The summed E-state index contributed by atoms with van der Waals surface area (Å²) in [5.41, 5.74) is 0.233. The van der Waals surface area contributed by atoms with Crippen molar-refractivity contribution in [1.29, 1.82) is 0 Å². The van der Waals surface area contributed by atoms with Crippen LogP contribution in [0, 0.1) is 5.82 Å². The summed E-state index contributed by atoms with van der Waals surface area (Å²) in [6.45, 7) is 3.96. The molecule has 0 saturated carbocycles. The maximum absolute atomic E-state index is 14.3. The Labute approximate surface area is 207 Å². The Morgan fingerprint density at radius 1 is 1.00 bits per heavy atom. The maximum Gasteiger partial charge on any atom is 0.352 e. The lowest BCUT2D eigenvalue weighted by Gasteiger charge is -2.13. The first kappa shape index (κ1) is 24.7. The van der Waals surface area contributed by atoms with Crippen molar-refractivity contribution in [2.45, 2.75) is 32.7 Å². The van der Waals surface area contributed by atoms with Crippen LogP contribution in [0.2, 0.25) is 0 Å². The SMILES string of the molecule is CC(C)c1ccc(-n2nc(C(=O)NCCc3ccccn3)c(=O)n(Cc3ccccc3F)c2=O)cc1. The van der Waals surface area contributed by atoms with Crippen LogP contribution in [0.5, 0.6) is 0 Å². The third-order valence-corrected chi connectivity index (χ3v) is 5.76. The summed E-state index contributed by atoms with van der Waals surface area (Å²) in [6.07, 6.45) is 2.10. The van der Waals surface area contributed by atoms with Gasteiger partial charge in [-0.1, -0.05) is 50.2 Å². The fourth-order valence-corrected chi connectivity index (χ4v) is 3.70. The van der Waals surface area contributed by atoms with Gasteiger partial charge >= 0.3 is 5.69 Å². The molecule has 4 aromatic rings. The summed E-state index contributed by atoms with van der Waals surface area (Å²) >= 11 is 0. The number of rotatable bonds is 8. The van der Waals surface area contributed by atoms with Gasteiger partial charge < -0.3 is 5.32 Å². The molecular weight excluding hydrogens is 461 g/mol. The number of hydrogen-bond acceptors (Lipinski definition) is 5. The van der Waals surface area contributed by atoms with Crippen molar-refractivity contribution in [3.8, 4) is 5.69 Å². The Bertz CT molecular complexity index is 1480. The summed E-state index contributed by atoms with van der Waals surface area (Å²) < 4.78 is 16.2. The van der Waals surface area contributed by atoms with E-state index in [0.29, 0.717) is 12.1 Å². The van der Waals surface area contributed by atoms with E-state index >= 15 is 0 Å². The Morgan fingerprint density at radius 2 is 1.72 bits per heavy atom. The van der Waals surface area contributed by atoms with Crippen molar-refractivity contribution in [1.82, 2.24) is 24.6 Å². The topological polar surface area (TPSA) is 98.9 Å². The number of aromatic nitrogens is 4. The number of nitrogens with one attached hydrogen (secondary N) is 1. The predicted molar refractivity (Wildman–Crippen MR) is 134 cm³/mol. The van der Waals surface area contributed by atoms with E-state index in [1.807, 2.05) is 38.1 Å². The van der Waals surface area contributed by atoms with Gasteiger partial charge in [-0.15, -0.1) is 0 Å². The van der Waals surface area contributed by atoms with E-state index in [1.54, 1.807) is 30.5 Å². The van der Waals surface area contributed by atoms with Crippen LogP contribution in [0.1, 0.15) is 47.1 Å². The second kappa shape index (κ2) is 10.9. The molecule has 0 unspecified atom stereocenters. The zero-order valence-corrected chi connectivity index (χ0v) is 20.0. The molecule has 4 rings (SSSR count). The van der Waals surface area contributed by atoms with Gasteiger partial charge in [-0.2, -0.15) is 9.78 Å². The molecule has 0 saturated heterocycles. The molecule has 8 nitrogen and oxygen atoms in total. The molecule has 0 aliphatic heterocycles. The van der Waals surface area contributed by atoms with Gasteiger partial charge in [0.05, 0.1) is 12.2 Å². The molecule has 0 bridgehead atoms. The average Bonchev–Trinajstić information content (AvgIpc) is 2.88. The van der Waals surface area contributed by atoms with E-state index in [4.69, 9.17) is 0 Å². The second-order valence-corrected chi connectivity index (χ2v) is 8.60. The first-order valence-electron chi connectivity index (χ1n) is 11.6. The fourth-order valence-electron chi connectivity index (χ4n) is 3.70. The molecule has 36 heavy (non-hydrogen) atoms. The van der Waals surface area contributed by atoms with Crippen LogP contribution in [0.4, 0.5) is 4.39 Å². The van der Waals surface area contributed by atoms with E-state index in [2.05, 4.69) is 15.4 Å². The van der Waals surface area contributed by atoms with E-state index in [9.17, 15) is 18.8 Å². The highest BCUT2D eigenvalue weighted by molar-refractivity contribution is 5.91. The first-order chi connectivity index (χ1) is 17.3. The molecule has 1 N–H and O–H groups in total. The van der Waals surface area contributed by atoms with Crippen LogP contribution in [0.25, 0.3) is 5.69 Å². The van der Waals surface area contributed by atoms with Crippen LogP contribution < -0.4 is 16.6 Å². The van der Waals surface area contributed by atoms with Crippen LogP contribution in [-0.4, -0.2) is 31.8 Å². The molecule has 0 fully saturated rings. The summed E-state index contributed by atoms with van der Waals surface area (Å²) in [5.74, 6) is -1.01. The van der Waals surface area contributed by atoms with Crippen molar-refractivity contribution >= 4 is 5.91 Å². The average molecular weight is 488 g/mol. The molecule has 0 atom stereocenters. The minimum Gasteiger partial charge on any atom is -0.350 e. The molecule has 2 heterocycles. The standard InChI is InChI=1S/C27H26FN5O3/c1-18(2)19-10-12-22(13-11-19)33-27(36)32(17-20-7-3-4-9-23(20)28)26(35)24(31-33)25(34)30-16-14-21-8-5-6-15-29-21/h3-13,15,18H,14,16-17H2,1-2H3,(H,30,34). The van der Waals surface area contributed by atoms with Crippen molar-refractivity contribution in [2.75, 3.05) is 6.54 Å². The number of carbonyl (C=O) groups is 1. The number of nitrogens with zero attached hydrogens (tertiary/aromatic N) is 4. The molecule has 1 amide bonds. The normalized spacial score (nSPS) is 11.0. The molecule has 0 aliphatic carbocycles. The minimum absolute atomic E-state index is 0.145. The van der Waals surface area contributed by atoms with Crippen molar-refractivity contribution in [3.05, 3.63) is 122 Å². The van der Waals surface area contributed by atoms with Crippen molar-refractivity contribution in [3.63, 3.8) is 0 Å². The van der Waals surface area contributed by atoms with Gasteiger partial charge in [0.2, 0.25) is 5.69 Å². The molecule has 0 spiro atoms. The van der Waals surface area contributed by atoms with Gasteiger partial charge in [-0.05, 0) is 41.8 Å². The van der Waals surface area contributed by atoms with Crippen LogP contribution in [0.15, 0.2) is 82.5 Å². The first-order valence-corrected chi connectivity index (χ1v) is 11.6. The van der Waals surface area contributed by atoms with Gasteiger partial charge in [0.25, 0.3) is 11.5 Å². The number of amides is 1. The Balaban J connectivity index is 1.73. The number of halogens is 1. The highest BCUT2D eigenvalue weighted by Gasteiger charge is 2.21. The molecule has 9 heteroatoms. The number of hydrogen-bond donors (Lipinski definition) is 1. The summed E-state index contributed by atoms with van der Waals surface area (Å²) in [7, 11) is 0. The highest BCUT2D eigenvalue weighted by atomic mass is 19.1. The molecule has 184 valence electrons. The summed E-state index contributed by atoms with van der Waals surface area (Å²) in [5, 5.41) is 6.79. The quantitative estimate of drug-likeness (QED) is 0.412. The largest absolute Gasteiger partial charge is 0.352 e. The summed E-state index contributed by atoms with van der Waals surface area (Å²) in [6, 6.07) is 18.4. The van der Waals surface area contributed by atoms with Gasteiger partial charge in [0.1, 0.15) is 5.82 Å². The molecule has 0 radical (unpaired) electrons. The zero-order chi connectivity index (χ0) is 25.7. The third-order valence-electron chi connectivity index (χ3n) is 5.76. The van der Waals surface area contributed by atoms with E-state index in [1.165, 1.54) is 18.2 Å². The van der Waals surface area contributed by atoms with E-state index in [0.717, 1.165) is 20.5 Å². The predicted octanol–water partition coefficient (Wildman–Crippen LogP) is 3.07. The highest BCUT2D eigenvalue weighted by Crippen LogP contribution is 2.16. The van der Waals surface area contributed by atoms with Crippen LogP contribution in [-0.2, 0) is 13.0 Å². The van der Waals surface area contributed by atoms with Crippen LogP contribution >= 0.6 is 0 Å². The minimum atomic E-state index is -0.895. The van der Waals surface area contributed by atoms with E-state index < -0.39 is 28.7 Å². The van der Waals surface area contributed by atoms with Gasteiger partial charge in [-0.25, -0.2) is 9.18 Å². The maximum atomic E-state index is 14.3. The third kappa shape index (κ3) is 5.46. The fraction of sp³-hybridized carbons (Fsp3) is 0.222. The number of benzene rings is 2. The lowest BCUT2D eigenvalue weighted by molar-refractivity contribution is 0.0944. The van der Waals surface area contributed by atoms with Gasteiger partial charge in [0, 0.05) is 30.4 Å². The van der Waals surface area contributed by atoms with Crippen molar-refractivity contribution in [2.24, 2.45) is 0 Å². The smallest absolute Gasteiger partial charge is 0.350 e. The van der Waals surface area contributed by atoms with Crippen LogP contribution in [0.3, 0.4) is 0 Å². The number of carbonyl (C=O) groups excluding carboxylic acids is 1. The Hall–Kier alpha value is -4.40. The molecule has 2 aromatic heterocycles. The van der Waals surface area contributed by atoms with E-state index in [-0.39, 0.29) is 24.6 Å². The van der Waals surface area contributed by atoms with Gasteiger partial charge in [0.15, 0.2) is 0 Å². The monoisotopic (exact) mass is 487 g/mol. The number of pyridine rings is 1. The zero-order valence-electron chi connectivity index (χ0n) is 20.0. The molecule has 0 aliphatic rings. The Morgan fingerprint density at radius 3 is 2.39 bits per heavy atom. The Kier molecular flexibility index (Phi) is 7.48. The lowest BCUT2D eigenvalue weighted by Crippen LogP contribution is -2.46. The van der Waals surface area contributed by atoms with Crippen molar-refractivity contribution < 1.29 is 9.18 Å². The molecular formula is C27H26FN5O3. The molecule has 2 aromatic carbocycles. The second-order valence-electron chi connectivity index (χ2n) is 8.60. The van der Waals surface area contributed by atoms with Gasteiger partial charge in [-0.3, -0.25) is 19.1 Å². The lowest BCUT2D eigenvalue weighted by atomic mass is 10.0.